The summed E-state index contributed by atoms with van der Waals surface area (Å²) in [7, 11) is -4.02. The fourth-order valence-corrected chi connectivity index (χ4v) is 5.75. The van der Waals surface area contributed by atoms with Gasteiger partial charge in [-0.2, -0.15) is 22.7 Å². The maximum atomic E-state index is 13.2. The first-order valence-corrected chi connectivity index (χ1v) is 12.6. The van der Waals surface area contributed by atoms with Crippen LogP contribution < -0.4 is 5.32 Å². The molecule has 0 aliphatic carbocycles. The highest BCUT2D eigenvalue weighted by Crippen LogP contribution is 2.30. The summed E-state index contributed by atoms with van der Waals surface area (Å²) in [6.45, 7) is 0.0864. The molecule has 7 nitrogen and oxygen atoms in total. The zero-order chi connectivity index (χ0) is 26.8. The summed E-state index contributed by atoms with van der Waals surface area (Å²) >= 11 is 0. The van der Waals surface area contributed by atoms with Crippen molar-refractivity contribution in [1.82, 2.24) is 14.6 Å². The van der Waals surface area contributed by atoms with Crippen molar-refractivity contribution < 1.29 is 30.8 Å². The Morgan fingerprint density at radius 3 is 2.46 bits per heavy atom. The number of alkyl halides is 3. The third kappa shape index (κ3) is 5.79. The van der Waals surface area contributed by atoms with Gasteiger partial charge >= 0.3 is 6.18 Å². The Balaban J connectivity index is 1.51. The number of nitriles is 1. The highest BCUT2D eigenvalue weighted by Gasteiger charge is 2.39. The summed E-state index contributed by atoms with van der Waals surface area (Å²) in [5.41, 5.74) is 0.462. The number of halogens is 4. The van der Waals surface area contributed by atoms with E-state index in [2.05, 4.69) is 10.3 Å². The number of carbonyl (C=O) groups excluding carboxylic acids is 1. The number of nitrogens with one attached hydrogen (secondary N) is 1. The van der Waals surface area contributed by atoms with Crippen molar-refractivity contribution in [3.05, 3.63) is 83.4 Å². The lowest BCUT2D eigenvalue weighted by atomic mass is 10.0. The lowest BCUT2D eigenvalue weighted by Crippen LogP contribution is -2.45. The molecule has 0 bridgehead atoms. The number of aromatic nitrogens is 1. The predicted octanol–water partition coefficient (Wildman–Crippen LogP) is 4.25. The highest BCUT2D eigenvalue weighted by molar-refractivity contribution is 7.89. The van der Waals surface area contributed by atoms with E-state index in [0.717, 1.165) is 40.8 Å². The predicted molar refractivity (Wildman–Crippen MR) is 125 cm³/mol. The van der Waals surface area contributed by atoms with Gasteiger partial charge in [0.1, 0.15) is 17.6 Å². The molecule has 1 N–H and O–H groups in total. The monoisotopic (exact) mass is 532 g/mol. The van der Waals surface area contributed by atoms with E-state index in [1.54, 1.807) is 6.07 Å². The number of carbonyl (C=O) groups is 1. The molecule has 1 aliphatic rings. The second-order valence-electron chi connectivity index (χ2n) is 8.41. The smallest absolute Gasteiger partial charge is 0.351 e. The van der Waals surface area contributed by atoms with Crippen LogP contribution in [0.5, 0.6) is 0 Å². The van der Waals surface area contributed by atoms with E-state index in [-0.39, 0.29) is 23.5 Å². The first-order valence-electron chi connectivity index (χ1n) is 11.1. The van der Waals surface area contributed by atoms with Crippen molar-refractivity contribution in [3.63, 3.8) is 0 Å². The molecule has 1 amide bonds. The molecule has 0 spiro atoms. The second kappa shape index (κ2) is 10.3. The van der Waals surface area contributed by atoms with Gasteiger partial charge in [-0.25, -0.2) is 12.8 Å². The first-order chi connectivity index (χ1) is 17.5. The van der Waals surface area contributed by atoms with Gasteiger partial charge in [0.2, 0.25) is 15.9 Å². The van der Waals surface area contributed by atoms with Crippen molar-refractivity contribution in [3.8, 4) is 17.2 Å². The number of hydrogen-bond acceptors (Lipinski definition) is 5. The molecule has 4 rings (SSSR count). The third-order valence-corrected chi connectivity index (χ3v) is 7.82. The zero-order valence-electron chi connectivity index (χ0n) is 19.2. The number of rotatable bonds is 6. The van der Waals surface area contributed by atoms with E-state index in [9.17, 15) is 36.0 Å². The van der Waals surface area contributed by atoms with Crippen LogP contribution in [-0.4, -0.2) is 36.2 Å². The second-order valence-corrected chi connectivity index (χ2v) is 10.3. The average molecular weight is 533 g/mol. The molecule has 1 unspecified atom stereocenters. The van der Waals surface area contributed by atoms with Crippen LogP contribution in [0.2, 0.25) is 0 Å². The zero-order valence-corrected chi connectivity index (χ0v) is 20.0. The van der Waals surface area contributed by atoms with E-state index < -0.39 is 39.7 Å². The molecule has 1 atom stereocenters. The first kappa shape index (κ1) is 26.2. The van der Waals surface area contributed by atoms with E-state index in [0.29, 0.717) is 29.5 Å². The molecule has 1 aliphatic heterocycles. The van der Waals surface area contributed by atoms with Gasteiger partial charge in [0.05, 0.1) is 16.5 Å². The van der Waals surface area contributed by atoms with E-state index in [4.69, 9.17) is 0 Å². The number of amides is 1. The molecule has 1 saturated heterocycles. The van der Waals surface area contributed by atoms with Crippen LogP contribution in [0.3, 0.4) is 0 Å². The molecular weight excluding hydrogens is 512 g/mol. The molecule has 3 aromatic rings. The number of hydrogen-bond donors (Lipinski definition) is 1. The van der Waals surface area contributed by atoms with Gasteiger partial charge in [-0.05, 0) is 72.5 Å². The Morgan fingerprint density at radius 2 is 1.84 bits per heavy atom. The minimum atomic E-state index is -4.58. The molecule has 192 valence electrons. The van der Waals surface area contributed by atoms with Crippen LogP contribution >= 0.6 is 0 Å². The third-order valence-electron chi connectivity index (χ3n) is 5.90. The van der Waals surface area contributed by atoms with Crippen molar-refractivity contribution in [1.29, 1.82) is 5.26 Å². The Kier molecular flexibility index (Phi) is 7.29. The summed E-state index contributed by atoms with van der Waals surface area (Å²) in [4.78, 5) is 16.3. The van der Waals surface area contributed by atoms with Crippen molar-refractivity contribution in [2.24, 2.45) is 0 Å². The van der Waals surface area contributed by atoms with Crippen molar-refractivity contribution in [2.45, 2.75) is 36.5 Å². The van der Waals surface area contributed by atoms with E-state index in [1.165, 1.54) is 18.2 Å². The van der Waals surface area contributed by atoms with Crippen molar-refractivity contribution in [2.75, 3.05) is 6.54 Å². The Bertz CT molecular complexity index is 1450. The largest absolute Gasteiger partial charge is 0.433 e. The number of sulfonamides is 1. The molecular formula is C25H20F4N4O3S. The van der Waals surface area contributed by atoms with Gasteiger partial charge in [0.25, 0.3) is 0 Å². The molecule has 1 aromatic heterocycles. The maximum absolute atomic E-state index is 13.2. The molecule has 1 fully saturated rings. The van der Waals surface area contributed by atoms with Crippen LogP contribution in [0.15, 0.2) is 65.7 Å². The van der Waals surface area contributed by atoms with Crippen LogP contribution in [-0.2, 0) is 27.5 Å². The maximum Gasteiger partial charge on any atom is 0.433 e. The number of pyridine rings is 1. The van der Waals surface area contributed by atoms with Gasteiger partial charge in [0, 0.05) is 24.8 Å². The Labute approximate surface area is 210 Å². The number of benzene rings is 2. The SMILES string of the molecule is N#Cc1cc(CNC(=O)C2CCCN2S(=O)(=O)c2ccc(F)cc2)cc(-c2ccc(C(F)(F)F)nc2)c1. The van der Waals surface area contributed by atoms with Gasteiger partial charge in [-0.3, -0.25) is 9.78 Å². The van der Waals surface area contributed by atoms with Crippen LogP contribution in [0.4, 0.5) is 17.6 Å². The standard InChI is InChI=1S/C25H20F4N4O3S/c26-20-4-6-21(7-5-20)37(35,36)33-9-1-2-22(33)24(34)32-14-17-10-16(13-30)11-19(12-17)18-3-8-23(31-15-18)25(27,28)29/h3-8,10-12,15,22H,1-2,9,14H2,(H,32,34). The van der Waals surface area contributed by atoms with Crippen LogP contribution in [0, 0.1) is 17.1 Å². The van der Waals surface area contributed by atoms with Gasteiger partial charge in [-0.1, -0.05) is 6.07 Å². The summed E-state index contributed by atoms with van der Waals surface area (Å²) in [6.07, 6.45) is -2.76. The normalized spacial score (nSPS) is 16.4. The average Bonchev–Trinajstić information content (AvgIpc) is 3.38. The van der Waals surface area contributed by atoms with E-state index >= 15 is 0 Å². The summed E-state index contributed by atoms with van der Waals surface area (Å²) in [6, 6.07) is 12.1. The Hall–Kier alpha value is -3.82. The summed E-state index contributed by atoms with van der Waals surface area (Å²) in [5, 5.41) is 12.1. The van der Waals surface area contributed by atoms with Crippen LogP contribution in [0.25, 0.3) is 11.1 Å². The summed E-state index contributed by atoms with van der Waals surface area (Å²) in [5.74, 6) is -1.12. The van der Waals surface area contributed by atoms with E-state index in [1.807, 2.05) is 6.07 Å². The number of nitrogens with zero attached hydrogens (tertiary/aromatic N) is 3. The lowest BCUT2D eigenvalue weighted by molar-refractivity contribution is -0.141. The summed E-state index contributed by atoms with van der Waals surface area (Å²) < 4.78 is 78.8. The minimum absolute atomic E-state index is 0.0453. The Morgan fingerprint density at radius 1 is 1.11 bits per heavy atom. The van der Waals surface area contributed by atoms with Crippen molar-refractivity contribution >= 4 is 15.9 Å². The molecule has 0 radical (unpaired) electrons. The minimum Gasteiger partial charge on any atom is -0.351 e. The van der Waals surface area contributed by atoms with Gasteiger partial charge < -0.3 is 5.32 Å². The van der Waals surface area contributed by atoms with Crippen LogP contribution in [0.1, 0.15) is 29.7 Å². The molecule has 0 saturated carbocycles. The van der Waals surface area contributed by atoms with Gasteiger partial charge in [-0.15, -0.1) is 0 Å². The lowest BCUT2D eigenvalue weighted by Gasteiger charge is -2.23. The molecule has 2 heterocycles. The topological polar surface area (TPSA) is 103 Å². The van der Waals surface area contributed by atoms with Gasteiger partial charge in [0.15, 0.2) is 0 Å². The fraction of sp³-hybridized carbons (Fsp3) is 0.240. The molecule has 37 heavy (non-hydrogen) atoms. The quantitative estimate of drug-likeness (QED) is 0.479. The molecule has 2 aromatic carbocycles. The molecule has 12 heteroatoms. The highest BCUT2D eigenvalue weighted by atomic mass is 32.2. The fourth-order valence-electron chi connectivity index (χ4n) is 4.10.